The molecule has 0 fully saturated rings. The van der Waals surface area contributed by atoms with Crippen LogP contribution in [0.3, 0.4) is 0 Å². The molecule has 1 amide bonds. The summed E-state index contributed by atoms with van der Waals surface area (Å²) >= 11 is 0.959. The van der Waals surface area contributed by atoms with Gasteiger partial charge in [-0.1, -0.05) is 70.6 Å². The quantitative estimate of drug-likeness (QED) is 0.117. The van der Waals surface area contributed by atoms with Crippen LogP contribution in [-0.4, -0.2) is 66.5 Å². The zero-order chi connectivity index (χ0) is 28.8. The summed E-state index contributed by atoms with van der Waals surface area (Å²) in [5.41, 5.74) is 0. The van der Waals surface area contributed by atoms with E-state index in [0.717, 1.165) is 38.1 Å². The second-order valence-electron chi connectivity index (χ2n) is 9.09. The number of rotatable bonds is 20. The highest BCUT2D eigenvalue weighted by molar-refractivity contribution is 8.00. The van der Waals surface area contributed by atoms with Gasteiger partial charge in [0.1, 0.15) is 6.04 Å². The fourth-order valence-corrected chi connectivity index (χ4v) is 4.73. The molecule has 220 valence electrons. The van der Waals surface area contributed by atoms with Crippen LogP contribution >= 0.6 is 11.8 Å². The molecule has 0 aromatic heterocycles. The maximum Gasteiger partial charge on any atom is 0.471 e. The van der Waals surface area contributed by atoms with Gasteiger partial charge in [-0.3, -0.25) is 9.59 Å². The largest absolute Gasteiger partial charge is 0.471 e. The van der Waals surface area contributed by atoms with E-state index >= 15 is 0 Å². The average Bonchev–Trinajstić information content (AvgIpc) is 2.88. The summed E-state index contributed by atoms with van der Waals surface area (Å²) in [5, 5.41) is 11.5. The molecule has 0 aromatic carbocycles. The minimum atomic E-state index is -5.15. The first-order valence-corrected chi connectivity index (χ1v) is 14.4. The molecule has 38 heavy (non-hydrogen) atoms. The van der Waals surface area contributed by atoms with Crippen molar-refractivity contribution in [2.24, 2.45) is 0 Å². The highest BCUT2D eigenvalue weighted by atomic mass is 32.2. The first-order valence-electron chi connectivity index (χ1n) is 13.4. The lowest BCUT2D eigenvalue weighted by Gasteiger charge is -2.21. The van der Waals surface area contributed by atoms with Crippen molar-refractivity contribution in [1.82, 2.24) is 5.32 Å². The summed E-state index contributed by atoms with van der Waals surface area (Å²) in [5.74, 6) is 2.00. The van der Waals surface area contributed by atoms with Crippen LogP contribution in [0.15, 0.2) is 0 Å². The van der Waals surface area contributed by atoms with E-state index in [1.807, 2.05) is 0 Å². The van der Waals surface area contributed by atoms with E-state index in [1.165, 1.54) is 52.1 Å². The average molecular weight is 568 g/mol. The molecular formula is C27H44F3NO6S. The second kappa shape index (κ2) is 21.9. The SMILES string of the molecule is CCCCCCCCCCCCC#C[C@@H](SC[C@H](NC(=O)C(F)(F)F)C(=O)OC)[C@@H](O)CCCC(=O)OC. The van der Waals surface area contributed by atoms with E-state index in [-0.39, 0.29) is 18.6 Å². The fourth-order valence-electron chi connectivity index (χ4n) is 3.58. The Morgan fingerprint density at radius 2 is 1.50 bits per heavy atom. The monoisotopic (exact) mass is 567 g/mol. The number of nitrogens with one attached hydrogen (secondary N) is 1. The van der Waals surface area contributed by atoms with Gasteiger partial charge in [-0.2, -0.15) is 13.2 Å². The molecule has 0 aliphatic rings. The van der Waals surface area contributed by atoms with E-state index in [1.54, 1.807) is 5.32 Å². The summed E-state index contributed by atoms with van der Waals surface area (Å²) in [6, 6.07) is -1.56. The highest BCUT2D eigenvalue weighted by Crippen LogP contribution is 2.21. The molecule has 2 N–H and O–H groups in total. The van der Waals surface area contributed by atoms with Crippen molar-refractivity contribution >= 4 is 29.6 Å². The van der Waals surface area contributed by atoms with Gasteiger partial charge in [-0.15, -0.1) is 17.7 Å². The van der Waals surface area contributed by atoms with E-state index in [9.17, 15) is 32.7 Å². The van der Waals surface area contributed by atoms with Crippen LogP contribution in [0, 0.1) is 11.8 Å². The number of thioether (sulfide) groups is 1. The lowest BCUT2D eigenvalue weighted by molar-refractivity contribution is -0.175. The normalized spacial score (nSPS) is 13.6. The minimum Gasteiger partial charge on any atom is -0.469 e. The van der Waals surface area contributed by atoms with Crippen LogP contribution in [0.1, 0.15) is 96.8 Å². The summed E-state index contributed by atoms with van der Waals surface area (Å²) < 4.78 is 47.1. The van der Waals surface area contributed by atoms with Crippen molar-refractivity contribution in [3.05, 3.63) is 0 Å². The van der Waals surface area contributed by atoms with Gasteiger partial charge < -0.3 is 19.9 Å². The van der Waals surface area contributed by atoms with Crippen LogP contribution in [0.5, 0.6) is 0 Å². The topological polar surface area (TPSA) is 102 Å². The summed E-state index contributed by atoms with van der Waals surface area (Å²) in [7, 11) is 2.27. The van der Waals surface area contributed by atoms with Crippen molar-refractivity contribution in [2.45, 2.75) is 120 Å². The number of unbranched alkanes of at least 4 members (excludes halogenated alkanes) is 10. The second-order valence-corrected chi connectivity index (χ2v) is 10.3. The van der Waals surface area contributed by atoms with Gasteiger partial charge in [0, 0.05) is 18.6 Å². The van der Waals surface area contributed by atoms with Crippen molar-refractivity contribution in [2.75, 3.05) is 20.0 Å². The van der Waals surface area contributed by atoms with Gasteiger partial charge in [0.15, 0.2) is 0 Å². The Kier molecular flexibility index (Phi) is 20.8. The van der Waals surface area contributed by atoms with Crippen LogP contribution in [0.2, 0.25) is 0 Å². The predicted octanol–water partition coefficient (Wildman–Crippen LogP) is 5.33. The van der Waals surface area contributed by atoms with E-state index in [2.05, 4.69) is 28.2 Å². The Bertz CT molecular complexity index is 739. The van der Waals surface area contributed by atoms with Gasteiger partial charge in [0.2, 0.25) is 0 Å². The number of halogens is 3. The number of hydrogen-bond donors (Lipinski definition) is 2. The molecule has 0 heterocycles. The Hall–Kier alpha value is -1.93. The number of esters is 2. The third-order valence-electron chi connectivity index (χ3n) is 5.85. The Morgan fingerprint density at radius 1 is 0.921 bits per heavy atom. The number of carbonyl (C=O) groups is 3. The lowest BCUT2D eigenvalue weighted by Crippen LogP contribution is -2.49. The molecule has 0 saturated carbocycles. The molecule has 3 atom stereocenters. The van der Waals surface area contributed by atoms with Crippen LogP contribution in [0.25, 0.3) is 0 Å². The smallest absolute Gasteiger partial charge is 0.469 e. The maximum absolute atomic E-state index is 12.7. The molecule has 0 rings (SSSR count). The molecule has 0 aliphatic carbocycles. The van der Waals surface area contributed by atoms with Gasteiger partial charge in [-0.05, 0) is 19.3 Å². The predicted molar refractivity (Wildman–Crippen MR) is 142 cm³/mol. The molecule has 0 unspecified atom stereocenters. The third kappa shape index (κ3) is 18.3. The van der Waals surface area contributed by atoms with Gasteiger partial charge in [0.05, 0.1) is 25.6 Å². The van der Waals surface area contributed by atoms with Crippen molar-refractivity contribution in [3.63, 3.8) is 0 Å². The Morgan fingerprint density at radius 3 is 2.03 bits per heavy atom. The Balaban J connectivity index is 4.88. The van der Waals surface area contributed by atoms with Crippen molar-refractivity contribution < 1.29 is 42.1 Å². The first kappa shape index (κ1) is 36.1. The number of hydrogen-bond acceptors (Lipinski definition) is 7. The molecule has 0 aromatic rings. The number of aliphatic hydroxyl groups excluding tert-OH is 1. The van der Waals surface area contributed by atoms with Crippen LogP contribution < -0.4 is 5.32 Å². The number of ether oxygens (including phenoxy) is 2. The van der Waals surface area contributed by atoms with Crippen LogP contribution in [0.4, 0.5) is 13.2 Å². The van der Waals surface area contributed by atoms with E-state index in [0.29, 0.717) is 12.8 Å². The van der Waals surface area contributed by atoms with E-state index < -0.39 is 41.4 Å². The number of amides is 1. The Labute approximate surface area is 229 Å². The van der Waals surface area contributed by atoms with Gasteiger partial charge >= 0.3 is 24.0 Å². The molecule has 0 spiro atoms. The molecular weight excluding hydrogens is 523 g/mol. The summed E-state index contributed by atoms with van der Waals surface area (Å²) in [6.07, 6.45) is 6.97. The zero-order valence-electron chi connectivity index (χ0n) is 22.9. The maximum atomic E-state index is 12.7. The zero-order valence-corrected chi connectivity index (χ0v) is 23.7. The number of carbonyl (C=O) groups excluding carboxylic acids is 3. The summed E-state index contributed by atoms with van der Waals surface area (Å²) in [4.78, 5) is 34.6. The first-order chi connectivity index (χ1) is 18.1. The number of alkyl halides is 3. The highest BCUT2D eigenvalue weighted by Gasteiger charge is 2.41. The minimum absolute atomic E-state index is 0.101. The lowest BCUT2D eigenvalue weighted by atomic mass is 10.1. The third-order valence-corrected chi connectivity index (χ3v) is 7.17. The molecule has 0 bridgehead atoms. The molecule has 0 saturated heterocycles. The molecule has 0 radical (unpaired) electrons. The summed E-state index contributed by atoms with van der Waals surface area (Å²) in [6.45, 7) is 2.20. The van der Waals surface area contributed by atoms with Gasteiger partial charge in [0.25, 0.3) is 0 Å². The van der Waals surface area contributed by atoms with Crippen molar-refractivity contribution in [1.29, 1.82) is 0 Å². The number of methoxy groups -OCH3 is 2. The van der Waals surface area contributed by atoms with E-state index in [4.69, 9.17) is 0 Å². The number of aliphatic hydroxyl groups is 1. The molecule has 7 nitrogen and oxygen atoms in total. The molecule has 11 heteroatoms. The van der Waals surface area contributed by atoms with Gasteiger partial charge in [-0.25, -0.2) is 4.79 Å². The van der Waals surface area contributed by atoms with Crippen molar-refractivity contribution in [3.8, 4) is 11.8 Å². The standard InChI is InChI=1S/C27H44F3NO6S/c1-4-5-6-7-8-9-10-11-12-13-14-15-18-23(22(32)17-16-19-24(33)36-2)38-20-21(25(34)37-3)31-26(35)27(28,29)30/h21-23,32H,4-14,16-17,19-20H2,1-3H3,(H,31,35)/t21-,22-,23+/m0/s1. The fraction of sp³-hybridized carbons (Fsp3) is 0.815. The van der Waals surface area contributed by atoms with Crippen LogP contribution in [-0.2, 0) is 23.9 Å². The molecule has 0 aliphatic heterocycles.